The molecule has 0 amide bonds. The molecule has 0 unspecified atom stereocenters. The van der Waals surface area contributed by atoms with E-state index in [1.807, 2.05) is 6.92 Å². The van der Waals surface area contributed by atoms with E-state index in [0.29, 0.717) is 21.7 Å². The van der Waals surface area contributed by atoms with Crippen LogP contribution in [0.5, 0.6) is 0 Å². The van der Waals surface area contributed by atoms with Gasteiger partial charge in [0.15, 0.2) is 0 Å². The van der Waals surface area contributed by atoms with Gasteiger partial charge in [0.05, 0.1) is 9.90 Å². The zero-order valence-electron chi connectivity index (χ0n) is 12.1. The number of anilines is 1. The van der Waals surface area contributed by atoms with Crippen molar-refractivity contribution in [2.45, 2.75) is 32.2 Å². The van der Waals surface area contributed by atoms with Crippen LogP contribution in [0.2, 0.25) is 0 Å². The summed E-state index contributed by atoms with van der Waals surface area (Å²) in [7, 11) is -3.58. The molecule has 0 aliphatic heterocycles. The molecule has 8 heteroatoms. The Morgan fingerprint density at radius 1 is 1.24 bits per heavy atom. The Morgan fingerprint density at radius 3 is 2.33 bits per heavy atom. The molecule has 6 nitrogen and oxygen atoms in total. The zero-order chi connectivity index (χ0) is 15.6. The molecular formula is C13H18N4O2S2. The van der Waals surface area contributed by atoms with Gasteiger partial charge >= 0.3 is 0 Å². The highest BCUT2D eigenvalue weighted by atomic mass is 32.2. The summed E-state index contributed by atoms with van der Waals surface area (Å²) in [4.78, 5) is 5.28. The van der Waals surface area contributed by atoms with E-state index in [-0.39, 0.29) is 6.54 Å². The van der Waals surface area contributed by atoms with Gasteiger partial charge in [-0.05, 0) is 44.0 Å². The van der Waals surface area contributed by atoms with Gasteiger partial charge in [-0.25, -0.2) is 18.1 Å². The van der Waals surface area contributed by atoms with Crippen LogP contribution in [0.3, 0.4) is 0 Å². The van der Waals surface area contributed by atoms with Gasteiger partial charge in [0, 0.05) is 23.3 Å². The maximum absolute atomic E-state index is 12.5. The second kappa shape index (κ2) is 6.10. The monoisotopic (exact) mass is 326 g/mol. The molecule has 0 aliphatic carbocycles. The number of hydrogen-bond donors (Lipinski definition) is 3. The number of hydrogen-bond acceptors (Lipinski definition) is 6. The molecule has 0 bridgehead atoms. The van der Waals surface area contributed by atoms with Crippen LogP contribution >= 0.6 is 11.3 Å². The summed E-state index contributed by atoms with van der Waals surface area (Å²) >= 11 is 1.47. The van der Waals surface area contributed by atoms with Crippen molar-refractivity contribution < 1.29 is 8.42 Å². The fraction of sp³-hybridized carbons (Fsp3) is 0.308. The van der Waals surface area contributed by atoms with Gasteiger partial charge in [0.25, 0.3) is 0 Å². The molecule has 0 fully saturated rings. The largest absolute Gasteiger partial charge is 0.324 e. The molecule has 114 valence electrons. The predicted octanol–water partition coefficient (Wildman–Crippen LogP) is 1.83. The first-order valence-corrected chi connectivity index (χ1v) is 8.62. The van der Waals surface area contributed by atoms with Crippen LogP contribution < -0.4 is 16.0 Å². The summed E-state index contributed by atoms with van der Waals surface area (Å²) in [6, 6.07) is 3.41. The Kier molecular flexibility index (Phi) is 4.62. The van der Waals surface area contributed by atoms with Gasteiger partial charge in [-0.15, -0.1) is 11.3 Å². The maximum Gasteiger partial charge on any atom is 0.241 e. The minimum atomic E-state index is -3.58. The third-order valence-electron chi connectivity index (χ3n) is 3.00. The number of nitrogens with zero attached hydrogens (tertiary/aromatic N) is 1. The number of nitrogen functional groups attached to an aromatic ring is 1. The quantitative estimate of drug-likeness (QED) is 0.575. The van der Waals surface area contributed by atoms with Crippen molar-refractivity contribution >= 4 is 27.0 Å². The molecule has 0 radical (unpaired) electrons. The second-order valence-corrected chi connectivity index (χ2v) is 7.78. The van der Waals surface area contributed by atoms with Crippen LogP contribution in [-0.2, 0) is 16.6 Å². The highest BCUT2D eigenvalue weighted by molar-refractivity contribution is 7.89. The lowest BCUT2D eigenvalue weighted by atomic mass is 10.1. The lowest BCUT2D eigenvalue weighted by Gasteiger charge is -2.13. The summed E-state index contributed by atoms with van der Waals surface area (Å²) in [5.74, 6) is 5.36. The molecule has 21 heavy (non-hydrogen) atoms. The lowest BCUT2D eigenvalue weighted by molar-refractivity contribution is 0.580. The number of aryl methyl sites for hydroxylation is 3. The Balaban J connectivity index is 2.27. The molecule has 1 aromatic heterocycles. The average Bonchev–Trinajstić information content (AvgIpc) is 2.81. The van der Waals surface area contributed by atoms with E-state index < -0.39 is 10.0 Å². The van der Waals surface area contributed by atoms with E-state index in [1.54, 1.807) is 32.2 Å². The highest BCUT2D eigenvalue weighted by Crippen LogP contribution is 2.24. The lowest BCUT2D eigenvalue weighted by Crippen LogP contribution is -2.24. The Morgan fingerprint density at radius 2 is 1.86 bits per heavy atom. The fourth-order valence-corrected chi connectivity index (χ4v) is 4.46. The van der Waals surface area contributed by atoms with Crippen LogP contribution in [0.15, 0.2) is 23.2 Å². The number of nitrogens with two attached hydrogens (primary N) is 1. The van der Waals surface area contributed by atoms with E-state index >= 15 is 0 Å². The van der Waals surface area contributed by atoms with Gasteiger partial charge < -0.3 is 5.43 Å². The SMILES string of the molecule is Cc1ncc(CNS(=O)(=O)c2c(C)cc(NN)cc2C)s1. The van der Waals surface area contributed by atoms with E-state index in [0.717, 1.165) is 9.88 Å². The fourth-order valence-electron chi connectivity index (χ4n) is 2.18. The second-order valence-electron chi connectivity index (χ2n) is 4.75. The van der Waals surface area contributed by atoms with Crippen LogP contribution in [-0.4, -0.2) is 13.4 Å². The van der Waals surface area contributed by atoms with Gasteiger partial charge in [0.1, 0.15) is 0 Å². The molecular weight excluding hydrogens is 308 g/mol. The topological polar surface area (TPSA) is 97.1 Å². The van der Waals surface area contributed by atoms with Gasteiger partial charge in [-0.3, -0.25) is 5.84 Å². The van der Waals surface area contributed by atoms with Gasteiger partial charge in [-0.1, -0.05) is 0 Å². The average molecular weight is 326 g/mol. The Hall–Kier alpha value is -1.48. The van der Waals surface area contributed by atoms with Crippen molar-refractivity contribution in [3.63, 3.8) is 0 Å². The molecule has 0 saturated carbocycles. The molecule has 2 aromatic rings. The molecule has 1 heterocycles. The molecule has 1 aromatic carbocycles. The first-order valence-electron chi connectivity index (χ1n) is 6.32. The van der Waals surface area contributed by atoms with E-state index in [9.17, 15) is 8.42 Å². The molecule has 0 saturated heterocycles. The normalized spacial score (nSPS) is 11.6. The molecule has 0 spiro atoms. The molecule has 2 rings (SSSR count). The Labute approximate surface area is 128 Å². The van der Waals surface area contributed by atoms with Crippen LogP contribution in [0.4, 0.5) is 5.69 Å². The van der Waals surface area contributed by atoms with Crippen molar-refractivity contribution in [3.8, 4) is 0 Å². The molecule has 4 N–H and O–H groups in total. The van der Waals surface area contributed by atoms with Gasteiger partial charge in [0.2, 0.25) is 10.0 Å². The first kappa shape index (κ1) is 15.9. The predicted molar refractivity (Wildman–Crippen MR) is 84.6 cm³/mol. The minimum Gasteiger partial charge on any atom is -0.324 e. The van der Waals surface area contributed by atoms with Crippen molar-refractivity contribution in [3.05, 3.63) is 39.3 Å². The molecule has 0 atom stereocenters. The number of nitrogens with one attached hydrogen (secondary N) is 2. The summed E-state index contributed by atoms with van der Waals surface area (Å²) in [6.45, 7) is 5.62. The van der Waals surface area contributed by atoms with E-state index in [1.165, 1.54) is 11.3 Å². The van der Waals surface area contributed by atoms with Crippen molar-refractivity contribution in [2.24, 2.45) is 5.84 Å². The number of benzene rings is 1. The number of aromatic nitrogens is 1. The summed E-state index contributed by atoms with van der Waals surface area (Å²) < 4.78 is 27.6. The zero-order valence-corrected chi connectivity index (χ0v) is 13.7. The number of thiazole rings is 1. The van der Waals surface area contributed by atoms with Crippen molar-refractivity contribution in [1.29, 1.82) is 0 Å². The molecule has 0 aliphatic rings. The Bertz CT molecular complexity index is 730. The van der Waals surface area contributed by atoms with E-state index in [2.05, 4.69) is 15.1 Å². The minimum absolute atomic E-state index is 0.240. The third-order valence-corrected chi connectivity index (χ3v) is 5.62. The highest BCUT2D eigenvalue weighted by Gasteiger charge is 2.20. The van der Waals surface area contributed by atoms with Crippen LogP contribution in [0.1, 0.15) is 21.0 Å². The maximum atomic E-state index is 12.5. The van der Waals surface area contributed by atoms with Crippen molar-refractivity contribution in [1.82, 2.24) is 9.71 Å². The van der Waals surface area contributed by atoms with Crippen LogP contribution in [0, 0.1) is 20.8 Å². The smallest absolute Gasteiger partial charge is 0.241 e. The summed E-state index contributed by atoms with van der Waals surface area (Å²) in [6.07, 6.45) is 1.68. The van der Waals surface area contributed by atoms with Crippen LogP contribution in [0.25, 0.3) is 0 Å². The van der Waals surface area contributed by atoms with Gasteiger partial charge in [-0.2, -0.15) is 0 Å². The number of hydrazine groups is 1. The van der Waals surface area contributed by atoms with E-state index in [4.69, 9.17) is 5.84 Å². The number of rotatable bonds is 5. The first-order chi connectivity index (χ1) is 9.83. The standard InChI is InChI=1S/C13H18N4O2S2/c1-8-4-11(17-14)5-9(2)13(8)21(18,19)16-7-12-6-15-10(3)20-12/h4-6,16-17H,7,14H2,1-3H3. The number of sulfonamides is 1. The van der Waals surface area contributed by atoms with Crippen molar-refractivity contribution in [2.75, 3.05) is 5.43 Å². The third kappa shape index (κ3) is 3.59. The summed E-state index contributed by atoms with van der Waals surface area (Å²) in [5, 5.41) is 0.912. The summed E-state index contributed by atoms with van der Waals surface area (Å²) in [5.41, 5.74) is 4.51.